The normalized spacial score (nSPS) is 11.1. The van der Waals surface area contributed by atoms with Crippen molar-refractivity contribution in [2.45, 2.75) is 6.61 Å². The molecule has 0 spiro atoms. The molecule has 9 nitrogen and oxygen atoms in total. The van der Waals surface area contributed by atoms with E-state index in [-0.39, 0.29) is 29.2 Å². The van der Waals surface area contributed by atoms with Crippen molar-refractivity contribution in [1.29, 1.82) is 0 Å². The first-order chi connectivity index (χ1) is 13.0. The highest BCUT2D eigenvalue weighted by molar-refractivity contribution is 5.92. The van der Waals surface area contributed by atoms with Gasteiger partial charge in [0.2, 0.25) is 5.78 Å². The molecule has 0 saturated carbocycles. The lowest BCUT2D eigenvalue weighted by Crippen LogP contribution is -2.20. The molecular weight excluding hydrogens is 352 g/mol. The van der Waals surface area contributed by atoms with Crippen LogP contribution >= 0.6 is 0 Å². The molecule has 9 heteroatoms. The topological polar surface area (TPSA) is 119 Å². The van der Waals surface area contributed by atoms with Gasteiger partial charge in [0, 0.05) is 13.1 Å². The number of phenols is 2. The van der Waals surface area contributed by atoms with Gasteiger partial charge in [0.25, 0.3) is 5.56 Å². The number of rotatable bonds is 3. The summed E-state index contributed by atoms with van der Waals surface area (Å²) in [7, 11) is 1.59. The molecule has 2 aromatic carbocycles. The maximum absolute atomic E-state index is 12.4. The van der Waals surface area contributed by atoms with Crippen molar-refractivity contribution in [2.24, 2.45) is 7.05 Å². The quantitative estimate of drug-likeness (QED) is 0.525. The molecule has 4 aromatic rings. The lowest BCUT2D eigenvalue weighted by Gasteiger charge is -2.09. The van der Waals surface area contributed by atoms with E-state index in [9.17, 15) is 19.8 Å². The summed E-state index contributed by atoms with van der Waals surface area (Å²) in [6.07, 6.45) is 0. The predicted molar refractivity (Wildman–Crippen MR) is 94.6 cm³/mol. The van der Waals surface area contributed by atoms with Gasteiger partial charge in [-0.3, -0.25) is 13.8 Å². The number of hydrogen-bond acceptors (Lipinski definition) is 7. The average Bonchev–Trinajstić information content (AvgIpc) is 3.08. The Bertz CT molecular complexity index is 1260. The van der Waals surface area contributed by atoms with Gasteiger partial charge in [0.1, 0.15) is 17.1 Å². The second-order valence-corrected chi connectivity index (χ2v) is 5.91. The van der Waals surface area contributed by atoms with E-state index in [0.29, 0.717) is 22.5 Å². The number of nitrogens with zero attached hydrogens (tertiary/aromatic N) is 4. The minimum Gasteiger partial charge on any atom is -0.508 e. The third kappa shape index (κ3) is 2.65. The van der Waals surface area contributed by atoms with Crippen LogP contribution in [0.4, 0.5) is 0 Å². The molecule has 0 aliphatic rings. The summed E-state index contributed by atoms with van der Waals surface area (Å²) in [6.45, 7) is -0.220. The molecule has 0 amide bonds. The first-order valence-corrected chi connectivity index (χ1v) is 7.98. The minimum absolute atomic E-state index is 0.0844. The van der Waals surface area contributed by atoms with Crippen molar-refractivity contribution < 1.29 is 19.7 Å². The van der Waals surface area contributed by atoms with Gasteiger partial charge in [0.05, 0.1) is 10.9 Å². The summed E-state index contributed by atoms with van der Waals surface area (Å²) < 4.78 is 8.24. The Morgan fingerprint density at radius 2 is 1.93 bits per heavy atom. The van der Waals surface area contributed by atoms with Crippen molar-refractivity contribution in [3.05, 3.63) is 64.2 Å². The Balaban J connectivity index is 1.73. The van der Waals surface area contributed by atoms with Crippen molar-refractivity contribution in [1.82, 2.24) is 19.2 Å². The Morgan fingerprint density at radius 3 is 2.70 bits per heavy atom. The maximum Gasteiger partial charge on any atom is 0.342 e. The van der Waals surface area contributed by atoms with Gasteiger partial charge in [0.15, 0.2) is 12.4 Å². The summed E-state index contributed by atoms with van der Waals surface area (Å²) in [4.78, 5) is 24.6. The Hall–Kier alpha value is -3.88. The zero-order valence-electron chi connectivity index (χ0n) is 14.2. The number of carbonyl (C=O) groups excluding carboxylic acids is 1. The number of aromatic nitrogens is 4. The summed E-state index contributed by atoms with van der Waals surface area (Å²) in [6, 6.07) is 10.6. The van der Waals surface area contributed by atoms with Gasteiger partial charge in [-0.15, -0.1) is 10.2 Å². The fourth-order valence-electron chi connectivity index (χ4n) is 2.89. The summed E-state index contributed by atoms with van der Waals surface area (Å²) >= 11 is 0. The average molecular weight is 366 g/mol. The predicted octanol–water partition coefficient (Wildman–Crippen LogP) is 1.35. The first kappa shape index (κ1) is 16.6. The largest absolute Gasteiger partial charge is 0.508 e. The molecule has 0 aliphatic carbocycles. The number of para-hydroxylation sites is 1. The van der Waals surface area contributed by atoms with Crippen molar-refractivity contribution >= 4 is 22.6 Å². The Kier molecular flexibility index (Phi) is 3.76. The van der Waals surface area contributed by atoms with Crippen LogP contribution in [0.3, 0.4) is 0 Å². The van der Waals surface area contributed by atoms with Gasteiger partial charge in [-0.05, 0) is 24.3 Å². The third-order valence-electron chi connectivity index (χ3n) is 4.23. The molecule has 2 aromatic heterocycles. The molecule has 136 valence electrons. The lowest BCUT2D eigenvalue weighted by molar-refractivity contribution is 0.0458. The van der Waals surface area contributed by atoms with E-state index >= 15 is 0 Å². The number of phenolic OH excluding ortho intramolecular Hbond substituents is 2. The highest BCUT2D eigenvalue weighted by atomic mass is 16.5. The van der Waals surface area contributed by atoms with E-state index in [1.165, 1.54) is 16.7 Å². The number of carbonyl (C=O) groups is 1. The second-order valence-electron chi connectivity index (χ2n) is 5.91. The molecule has 0 atom stereocenters. The maximum atomic E-state index is 12.4. The van der Waals surface area contributed by atoms with Crippen molar-refractivity contribution in [3.63, 3.8) is 0 Å². The standard InChI is InChI=1S/C18H14N4O5/c1-21-16(25)11-4-2-3-5-13(11)22-15(19-20-18(21)22)9-27-17(26)12-7-6-10(23)8-14(12)24/h2-8,23-24H,9H2,1H3. The number of aryl methyl sites for hydroxylation is 1. The fraction of sp³-hybridized carbons (Fsp3) is 0.111. The van der Waals surface area contributed by atoms with E-state index in [1.807, 2.05) is 0 Å². The summed E-state index contributed by atoms with van der Waals surface area (Å²) in [5.41, 5.74) is 0.307. The van der Waals surface area contributed by atoms with Crippen LogP contribution in [0.15, 0.2) is 47.3 Å². The molecule has 0 fully saturated rings. The molecule has 27 heavy (non-hydrogen) atoms. The van der Waals surface area contributed by atoms with Gasteiger partial charge >= 0.3 is 5.97 Å². The number of hydrogen-bond donors (Lipinski definition) is 2. The van der Waals surface area contributed by atoms with Crippen LogP contribution in [0.2, 0.25) is 0 Å². The van der Waals surface area contributed by atoms with Crippen LogP contribution in [0.1, 0.15) is 16.2 Å². The van der Waals surface area contributed by atoms with Crippen LogP contribution in [0.5, 0.6) is 11.5 Å². The van der Waals surface area contributed by atoms with Gasteiger partial charge in [-0.2, -0.15) is 0 Å². The summed E-state index contributed by atoms with van der Waals surface area (Å²) in [5.74, 6) is -0.696. The minimum atomic E-state index is -0.779. The molecule has 2 N–H and O–H groups in total. The van der Waals surface area contributed by atoms with E-state index in [0.717, 1.165) is 6.07 Å². The monoisotopic (exact) mass is 366 g/mol. The molecule has 0 unspecified atom stereocenters. The number of benzene rings is 2. The Morgan fingerprint density at radius 1 is 1.15 bits per heavy atom. The van der Waals surface area contributed by atoms with Crippen molar-refractivity contribution in [3.8, 4) is 11.5 Å². The van der Waals surface area contributed by atoms with Crippen LogP contribution in [-0.4, -0.2) is 35.3 Å². The molecule has 0 bridgehead atoms. The van der Waals surface area contributed by atoms with Crippen LogP contribution in [0, 0.1) is 0 Å². The lowest BCUT2D eigenvalue weighted by atomic mass is 10.2. The van der Waals surface area contributed by atoms with Crippen LogP contribution in [-0.2, 0) is 18.4 Å². The van der Waals surface area contributed by atoms with Crippen molar-refractivity contribution in [2.75, 3.05) is 0 Å². The van der Waals surface area contributed by atoms with E-state index in [1.54, 1.807) is 35.7 Å². The number of fused-ring (bicyclic) bond motifs is 3. The molecule has 0 saturated heterocycles. The van der Waals surface area contributed by atoms with Gasteiger partial charge < -0.3 is 14.9 Å². The smallest absolute Gasteiger partial charge is 0.342 e. The van der Waals surface area contributed by atoms with Crippen LogP contribution in [0.25, 0.3) is 16.7 Å². The zero-order chi connectivity index (χ0) is 19.1. The molecular formula is C18H14N4O5. The second kappa shape index (κ2) is 6.13. The molecule has 4 rings (SSSR count). The van der Waals surface area contributed by atoms with E-state index in [2.05, 4.69) is 10.2 Å². The first-order valence-electron chi connectivity index (χ1n) is 7.98. The van der Waals surface area contributed by atoms with Crippen LogP contribution < -0.4 is 5.56 Å². The molecule has 2 heterocycles. The van der Waals surface area contributed by atoms with Gasteiger partial charge in [-0.25, -0.2) is 4.79 Å². The van der Waals surface area contributed by atoms with E-state index < -0.39 is 5.97 Å². The zero-order valence-corrected chi connectivity index (χ0v) is 14.2. The Labute approximate surface area is 151 Å². The molecule has 0 aliphatic heterocycles. The molecule has 0 radical (unpaired) electrons. The summed E-state index contributed by atoms with van der Waals surface area (Å²) in [5, 5.41) is 27.6. The van der Waals surface area contributed by atoms with Gasteiger partial charge in [-0.1, -0.05) is 12.1 Å². The number of ether oxygens (including phenoxy) is 1. The third-order valence-corrected chi connectivity index (χ3v) is 4.23. The highest BCUT2D eigenvalue weighted by Gasteiger charge is 2.18. The SMILES string of the molecule is Cn1c(=O)c2ccccc2n2c(COC(=O)c3ccc(O)cc3O)nnc12. The number of esters is 1. The van der Waals surface area contributed by atoms with E-state index in [4.69, 9.17) is 4.74 Å². The number of aromatic hydroxyl groups is 2. The highest BCUT2D eigenvalue weighted by Crippen LogP contribution is 2.23. The fourth-order valence-corrected chi connectivity index (χ4v) is 2.89.